The number of nitrogens with two attached hydrogens (primary N) is 2. The SMILES string of the molecule is C1CCOC1.CCOC(=O)C(N)C(=O)c1ccc(C)cc1.CCOC(=O)C(NC(=O)C1CCCN(C(=O)OC(C)(C)C)C1)C(=O)c1ccc(C)cc1.CCOC(=O)c1nc(C2CCCN(C(=O)OC(C)(C)C)C2)oc1-c1ccc(C)cc1.Cc1ccc(-c2oc(C3CCCN(C(=O)OC(C)(C)C)C3)nc2C(=O)O)cc1.Cc1ccc(-c2oc(C3CCCN(C(=O)OC(C)(C)C)C3)nc2C(N)=O)cc1.Cl.O.[Li+].[OH-]. The third kappa shape index (κ3) is 38.2. The van der Waals surface area contributed by atoms with Crippen LogP contribution in [-0.2, 0) is 52.3 Å². The number of ketones is 2. The van der Waals surface area contributed by atoms with E-state index < -0.39 is 93.8 Å². The topological polar surface area (TPSA) is 516 Å². The second-order valence-corrected chi connectivity index (χ2v) is 38.4. The van der Waals surface area contributed by atoms with Gasteiger partial charge in [-0.05, 0) is 203 Å². The summed E-state index contributed by atoms with van der Waals surface area (Å²) in [5.74, 6) is -3.89. The minimum atomic E-state index is -1.44. The number of esters is 3. The fourth-order valence-electron chi connectivity index (χ4n) is 14.9. The van der Waals surface area contributed by atoms with E-state index in [0.717, 1.165) is 90.7 Å². The summed E-state index contributed by atoms with van der Waals surface area (Å²) in [7, 11) is 0. The van der Waals surface area contributed by atoms with Gasteiger partial charge in [-0.15, -0.1) is 12.4 Å². The molecule has 6 atom stereocenters. The van der Waals surface area contributed by atoms with Crippen molar-refractivity contribution in [3.63, 3.8) is 0 Å². The van der Waals surface area contributed by atoms with E-state index in [-0.39, 0.29) is 127 Å². The van der Waals surface area contributed by atoms with Crippen molar-refractivity contribution in [1.82, 2.24) is 39.9 Å². The Morgan fingerprint density at radius 2 is 0.718 bits per heavy atom. The van der Waals surface area contributed by atoms with Gasteiger partial charge in [0.25, 0.3) is 5.91 Å². The molecule has 0 saturated carbocycles. The number of carboxylic acid groups (broad SMARTS) is 1. The van der Waals surface area contributed by atoms with Crippen molar-refractivity contribution in [2.75, 3.05) is 85.4 Å². The number of aryl methyl sites for hydroxylation is 5. The number of amides is 6. The second kappa shape index (κ2) is 56.5. The first-order valence-electron chi connectivity index (χ1n) is 47.1. The fraction of sp³-hybridized carbons (Fsp3) is 0.510. The summed E-state index contributed by atoms with van der Waals surface area (Å²) in [6.45, 7) is 43.0. The van der Waals surface area contributed by atoms with E-state index in [1.165, 1.54) is 17.7 Å². The van der Waals surface area contributed by atoms with Gasteiger partial charge >= 0.3 is 67.1 Å². The molecule has 5 aromatic carbocycles. The molecule has 772 valence electrons. The van der Waals surface area contributed by atoms with Gasteiger partial charge in [0, 0.05) is 93.4 Å². The van der Waals surface area contributed by atoms with Crippen LogP contribution in [0.5, 0.6) is 0 Å². The summed E-state index contributed by atoms with van der Waals surface area (Å²) in [5, 5.41) is 12.1. The first-order chi connectivity index (χ1) is 65.0. The van der Waals surface area contributed by atoms with Gasteiger partial charge in [0.2, 0.25) is 23.6 Å². The molecular formula is C104H142ClLiN10O26. The van der Waals surface area contributed by atoms with E-state index in [9.17, 15) is 62.6 Å². The Morgan fingerprint density at radius 1 is 0.423 bits per heavy atom. The van der Waals surface area contributed by atoms with Gasteiger partial charge in [0.15, 0.2) is 58.0 Å². The molecule has 3 aromatic heterocycles. The van der Waals surface area contributed by atoms with Crippen molar-refractivity contribution in [2.24, 2.45) is 17.4 Å². The van der Waals surface area contributed by atoms with E-state index >= 15 is 0 Å². The van der Waals surface area contributed by atoms with Crippen molar-refractivity contribution >= 4 is 84.0 Å². The van der Waals surface area contributed by atoms with Crippen molar-refractivity contribution in [2.45, 2.75) is 255 Å². The molecule has 8 heterocycles. The number of piperidine rings is 4. The number of rotatable bonds is 20. The maximum atomic E-state index is 12.9. The van der Waals surface area contributed by atoms with Crippen LogP contribution >= 0.6 is 12.4 Å². The summed E-state index contributed by atoms with van der Waals surface area (Å²) in [6, 6.07) is 33.7. The number of carbonyl (C=O) groups excluding carboxylic acids is 11. The van der Waals surface area contributed by atoms with Gasteiger partial charge in [0.1, 0.15) is 22.4 Å². The smallest absolute Gasteiger partial charge is 0.870 e. The molecule has 5 fully saturated rings. The minimum Gasteiger partial charge on any atom is -0.870 e. The summed E-state index contributed by atoms with van der Waals surface area (Å²) >= 11 is 0. The monoisotopic (exact) mass is 1990 g/mol. The van der Waals surface area contributed by atoms with E-state index in [1.807, 2.05) is 170 Å². The fourth-order valence-corrected chi connectivity index (χ4v) is 14.9. The van der Waals surface area contributed by atoms with Crippen LogP contribution in [0.15, 0.2) is 135 Å². The normalized spacial score (nSPS) is 16.5. The number of halogens is 1. The van der Waals surface area contributed by atoms with E-state index in [4.69, 9.17) is 57.9 Å². The zero-order valence-electron chi connectivity index (χ0n) is 85.8. The number of nitrogens with one attached hydrogen (secondary N) is 1. The average molecular weight is 1990 g/mol. The third-order valence-electron chi connectivity index (χ3n) is 21.9. The molecule has 0 bridgehead atoms. The number of benzene rings is 5. The number of carbonyl (C=O) groups is 12. The van der Waals surface area contributed by atoms with Gasteiger partial charge in [-0.25, -0.2) is 53.3 Å². The van der Waals surface area contributed by atoms with Crippen LogP contribution in [0.4, 0.5) is 19.2 Å². The zero-order valence-corrected chi connectivity index (χ0v) is 86.6. The number of aromatic carboxylic acids is 1. The number of nitrogens with zero attached hydrogens (tertiary/aromatic N) is 7. The molecule has 0 aliphatic carbocycles. The number of Topliss-reactive ketones (excluding diaryl/α,β-unsaturated/α-hetero) is 2. The van der Waals surface area contributed by atoms with Crippen LogP contribution in [-0.4, -0.2) is 242 Å². The molecular weight excluding hydrogens is 1850 g/mol. The minimum absolute atomic E-state index is 0. The number of hydrogen-bond donors (Lipinski definition) is 4. The number of ether oxygens (including phenoxy) is 8. The van der Waals surface area contributed by atoms with Crippen LogP contribution in [0.2, 0.25) is 0 Å². The molecule has 8 aromatic rings. The zero-order chi connectivity index (χ0) is 102. The van der Waals surface area contributed by atoms with Gasteiger partial charge in [0.05, 0.1) is 43.5 Å². The van der Waals surface area contributed by atoms with Crippen LogP contribution in [0.3, 0.4) is 0 Å². The number of oxazole rings is 3. The Morgan fingerprint density at radius 3 is 1.04 bits per heavy atom. The van der Waals surface area contributed by atoms with Gasteiger partial charge in [-0.2, -0.15) is 0 Å². The number of primary amides is 1. The van der Waals surface area contributed by atoms with Gasteiger partial charge < -0.3 is 104 Å². The number of aromatic nitrogens is 3. The Balaban J connectivity index is 0.000000367. The number of likely N-dealkylation sites (tertiary alicyclic amines) is 4. The molecule has 6 amide bonds. The maximum Gasteiger partial charge on any atom is 1.00 e. The first-order valence-corrected chi connectivity index (χ1v) is 47.1. The van der Waals surface area contributed by atoms with Crippen LogP contribution in [0.1, 0.15) is 283 Å². The van der Waals surface area contributed by atoms with Gasteiger partial charge in [-0.3, -0.25) is 19.2 Å². The maximum absolute atomic E-state index is 12.9. The number of hydrogen-bond acceptors (Lipinski definition) is 28. The summed E-state index contributed by atoms with van der Waals surface area (Å²) < 4.78 is 59.6. The first kappa shape index (κ1) is 122. The molecule has 5 aliphatic rings. The summed E-state index contributed by atoms with van der Waals surface area (Å²) in [6.07, 6.45) is 6.94. The molecule has 13 rings (SSSR count). The van der Waals surface area contributed by atoms with E-state index in [2.05, 4.69) is 25.0 Å². The number of carboxylic acids is 1. The molecule has 0 radical (unpaired) electrons. The standard InChI is InChI=1S/C23H32N2O6.C23H30N2O5.C21H27N3O4.C21H26N2O5.C12H15NO3.C4H8O.ClH.Li.2H2O/c1-6-30-21(28)18(19(26)16-11-9-15(2)10-12-16)24-20(27)17-8-7-13-25(14-17)22(29)31-23(3,4)5;1-6-28-21(26)18-19(16-11-9-15(2)10-12-16)29-20(24-18)17-8-7-13-25(14-17)22(27)30-23(3,4)5;1-13-7-9-14(10-8-13)17-16(18(22)25)23-19(27-17)15-6-5-11-24(12-15)20(26)28-21(2,3)4;1-13-7-9-14(10-8-13)17-16(19(24)25)22-18(27-17)15-6-5-11-23(12-15)20(26)28-21(2,3)4;1-3-16-12(15)10(13)11(14)9-6-4-8(2)5-7-9;1-2-4-5-3-1;;;;/h9-12,17-18H,6-8,13-14H2,1-5H3,(H,24,27);9-12,17H,6-8,13-14H2,1-5H3;7-10,15H,5-6,11-12H2,1-4H3,(H2,22,25);7-10,15H,5-6,11-12H2,1-4H3,(H,24,25);4-7,10H,3,13H2,1-2H3;1-4H2;1H;;2*1H2/q;;;;;;;+1;;/p-1. The van der Waals surface area contributed by atoms with Gasteiger partial charge in [-0.1, -0.05) is 149 Å². The predicted molar refractivity (Wildman–Crippen MR) is 528 cm³/mol. The molecule has 5 saturated heterocycles. The predicted octanol–water partition coefficient (Wildman–Crippen LogP) is 14.4. The Kier molecular flexibility index (Phi) is 48.6. The molecule has 0 spiro atoms. The van der Waals surface area contributed by atoms with E-state index in [1.54, 1.807) is 105 Å². The average Bonchev–Trinajstić information content (AvgIpc) is 1.66. The van der Waals surface area contributed by atoms with Crippen LogP contribution in [0, 0.1) is 40.5 Å². The molecule has 142 heavy (non-hydrogen) atoms. The summed E-state index contributed by atoms with van der Waals surface area (Å²) in [4.78, 5) is 167. The van der Waals surface area contributed by atoms with Crippen LogP contribution < -0.4 is 35.6 Å². The summed E-state index contributed by atoms with van der Waals surface area (Å²) in [5.41, 5.74) is 17.1. The Hall–Kier alpha value is -12.3. The van der Waals surface area contributed by atoms with Crippen molar-refractivity contribution in [1.29, 1.82) is 0 Å². The third-order valence-corrected chi connectivity index (χ3v) is 21.9. The Labute approximate surface area is 849 Å². The van der Waals surface area contributed by atoms with Crippen molar-refractivity contribution in [3.8, 4) is 34.0 Å². The molecule has 5 aliphatic heterocycles. The second-order valence-electron chi connectivity index (χ2n) is 38.4. The molecule has 36 nitrogen and oxygen atoms in total. The largest absolute Gasteiger partial charge is 1.00 e. The molecule has 38 heteroatoms. The molecule has 6 unspecified atom stereocenters. The van der Waals surface area contributed by atoms with E-state index in [0.29, 0.717) is 105 Å². The molecule has 9 N–H and O–H groups in total. The Bertz CT molecular complexity index is 5290. The van der Waals surface area contributed by atoms with Crippen LogP contribution in [0.25, 0.3) is 34.0 Å². The van der Waals surface area contributed by atoms with Crippen molar-refractivity contribution < 1.29 is 144 Å². The quantitative estimate of drug-likeness (QED) is 0.0181. The van der Waals surface area contributed by atoms with Crippen molar-refractivity contribution in [3.05, 3.63) is 195 Å².